The van der Waals surface area contributed by atoms with Crippen molar-refractivity contribution in [2.75, 3.05) is 5.32 Å². The first-order chi connectivity index (χ1) is 16.5. The Kier molecular flexibility index (Phi) is 5.65. The summed E-state index contributed by atoms with van der Waals surface area (Å²) >= 11 is 0. The molecule has 0 saturated carbocycles. The van der Waals surface area contributed by atoms with Gasteiger partial charge in [0.15, 0.2) is 0 Å². The minimum atomic E-state index is -0.463. The Labute approximate surface area is 192 Å². The predicted octanol–water partition coefficient (Wildman–Crippen LogP) is 5.18. The van der Waals surface area contributed by atoms with E-state index in [0.29, 0.717) is 29.3 Å². The molecule has 0 radical (unpaired) electrons. The van der Waals surface area contributed by atoms with E-state index in [1.165, 1.54) is 30.3 Å². The van der Waals surface area contributed by atoms with E-state index in [1.807, 2.05) is 16.7 Å². The average molecular weight is 457 g/mol. The number of nitrogens with one attached hydrogen (secondary N) is 1. The van der Waals surface area contributed by atoms with Crippen LogP contribution < -0.4 is 5.32 Å². The quantitative estimate of drug-likeness (QED) is 0.380. The van der Waals surface area contributed by atoms with Gasteiger partial charge in [-0.25, -0.2) is 13.8 Å². The summed E-state index contributed by atoms with van der Waals surface area (Å²) in [6.45, 7) is 0.532. The van der Waals surface area contributed by atoms with Crippen LogP contribution in [-0.2, 0) is 6.54 Å². The number of imidazole rings is 1. The number of anilines is 1. The number of amides is 1. The van der Waals surface area contributed by atoms with Gasteiger partial charge in [-0.15, -0.1) is 0 Å². The van der Waals surface area contributed by atoms with Crippen LogP contribution in [-0.4, -0.2) is 25.6 Å². The summed E-state index contributed by atoms with van der Waals surface area (Å²) in [4.78, 5) is 20.9. The molecule has 2 aromatic heterocycles. The smallest absolute Gasteiger partial charge is 0.278 e. The van der Waals surface area contributed by atoms with Crippen molar-refractivity contribution in [1.29, 1.82) is 0 Å². The number of carbonyl (C=O) groups is 1. The number of nitrogens with zero attached hydrogens (tertiary/aromatic N) is 4. The Balaban J connectivity index is 1.23. The van der Waals surface area contributed by atoms with Crippen molar-refractivity contribution in [2.24, 2.45) is 0 Å². The number of hydrogen-bond acceptors (Lipinski definition) is 5. The monoisotopic (exact) mass is 457 g/mol. The summed E-state index contributed by atoms with van der Waals surface area (Å²) < 4.78 is 33.6. The molecule has 0 aliphatic heterocycles. The predicted molar refractivity (Wildman–Crippen MR) is 121 cm³/mol. The van der Waals surface area contributed by atoms with Crippen LogP contribution in [0.4, 0.5) is 14.5 Å². The fourth-order valence-electron chi connectivity index (χ4n) is 3.34. The first kappa shape index (κ1) is 21.2. The molecule has 7 nitrogen and oxygen atoms in total. The maximum Gasteiger partial charge on any atom is 0.278 e. The molecule has 0 aliphatic carbocycles. The average Bonchev–Trinajstić information content (AvgIpc) is 3.51. The van der Waals surface area contributed by atoms with E-state index >= 15 is 0 Å². The molecule has 9 heteroatoms. The van der Waals surface area contributed by atoms with Crippen LogP contribution in [0, 0.1) is 11.6 Å². The van der Waals surface area contributed by atoms with Crippen molar-refractivity contribution in [3.63, 3.8) is 0 Å². The Morgan fingerprint density at radius 3 is 2.53 bits per heavy atom. The summed E-state index contributed by atoms with van der Waals surface area (Å²) in [5, 5.41) is 6.68. The van der Waals surface area contributed by atoms with Crippen molar-refractivity contribution in [3.05, 3.63) is 108 Å². The second-order valence-corrected chi connectivity index (χ2v) is 7.52. The third-order valence-electron chi connectivity index (χ3n) is 5.04. The van der Waals surface area contributed by atoms with Crippen molar-refractivity contribution in [1.82, 2.24) is 19.7 Å². The topological polar surface area (TPSA) is 85.8 Å². The molecule has 3 aromatic carbocycles. The molecule has 5 aromatic rings. The molecule has 0 bridgehead atoms. The summed E-state index contributed by atoms with van der Waals surface area (Å²) in [5.41, 5.74) is 2.98. The fraction of sp³-hybridized carbons (Fsp3) is 0.0400. The van der Waals surface area contributed by atoms with Gasteiger partial charge in [0.05, 0.1) is 6.33 Å². The zero-order valence-corrected chi connectivity index (χ0v) is 17.7. The molecule has 0 unspecified atom stereocenters. The van der Waals surface area contributed by atoms with Crippen LogP contribution in [0.3, 0.4) is 0 Å². The van der Waals surface area contributed by atoms with Crippen LogP contribution >= 0.6 is 0 Å². The van der Waals surface area contributed by atoms with Gasteiger partial charge in [0.2, 0.25) is 5.82 Å². The number of carbonyl (C=O) groups excluding carboxylic acids is 1. The highest BCUT2D eigenvalue weighted by atomic mass is 19.1. The Hall–Kier alpha value is -4.66. The van der Waals surface area contributed by atoms with Gasteiger partial charge in [0.25, 0.3) is 11.8 Å². The highest BCUT2D eigenvalue weighted by Gasteiger charge is 2.13. The van der Waals surface area contributed by atoms with Gasteiger partial charge < -0.3 is 14.4 Å². The lowest BCUT2D eigenvalue weighted by molar-refractivity contribution is 0.102. The zero-order chi connectivity index (χ0) is 23.5. The number of rotatable bonds is 6. The highest BCUT2D eigenvalue weighted by molar-refractivity contribution is 6.04. The molecule has 1 amide bonds. The van der Waals surface area contributed by atoms with Crippen LogP contribution in [0.1, 0.15) is 15.9 Å². The van der Waals surface area contributed by atoms with Crippen LogP contribution in [0.2, 0.25) is 0 Å². The molecule has 0 atom stereocenters. The van der Waals surface area contributed by atoms with Crippen molar-refractivity contribution < 1.29 is 18.1 Å². The van der Waals surface area contributed by atoms with E-state index in [1.54, 1.807) is 42.9 Å². The van der Waals surface area contributed by atoms with E-state index in [4.69, 9.17) is 4.52 Å². The fourth-order valence-corrected chi connectivity index (χ4v) is 3.34. The van der Waals surface area contributed by atoms with Gasteiger partial charge in [0, 0.05) is 29.6 Å². The second kappa shape index (κ2) is 9.07. The Morgan fingerprint density at radius 2 is 1.76 bits per heavy atom. The lowest BCUT2D eigenvalue weighted by Crippen LogP contribution is -2.12. The summed E-state index contributed by atoms with van der Waals surface area (Å²) in [6, 6.07) is 18.6. The highest BCUT2D eigenvalue weighted by Crippen LogP contribution is 2.22. The van der Waals surface area contributed by atoms with Gasteiger partial charge in [-0.05, 0) is 60.2 Å². The maximum absolute atomic E-state index is 13.3. The van der Waals surface area contributed by atoms with Gasteiger partial charge >= 0.3 is 0 Å². The number of benzene rings is 3. The third-order valence-corrected chi connectivity index (χ3v) is 5.04. The number of halogens is 2. The second-order valence-electron chi connectivity index (χ2n) is 7.52. The van der Waals surface area contributed by atoms with Gasteiger partial charge in [-0.1, -0.05) is 23.4 Å². The van der Waals surface area contributed by atoms with E-state index in [9.17, 15) is 13.6 Å². The molecule has 168 valence electrons. The normalized spacial score (nSPS) is 10.9. The van der Waals surface area contributed by atoms with E-state index < -0.39 is 5.82 Å². The molecule has 0 spiro atoms. The SMILES string of the molecule is O=C(Nc1ccc(Cn2cnc(-c3nc(-c4ccc(F)cc4)no3)c2)cc1)c1cccc(F)c1. The van der Waals surface area contributed by atoms with Gasteiger partial charge in [-0.2, -0.15) is 4.98 Å². The molecule has 34 heavy (non-hydrogen) atoms. The van der Waals surface area contributed by atoms with Crippen LogP contribution in [0.5, 0.6) is 0 Å². The van der Waals surface area contributed by atoms with Crippen LogP contribution in [0.15, 0.2) is 89.8 Å². The molecule has 0 aliphatic rings. The first-order valence-corrected chi connectivity index (χ1v) is 10.3. The summed E-state index contributed by atoms with van der Waals surface area (Å²) in [5.74, 6) is -0.580. The Morgan fingerprint density at radius 1 is 0.971 bits per heavy atom. The molecule has 0 fully saturated rings. The van der Waals surface area contributed by atoms with Crippen molar-refractivity contribution in [2.45, 2.75) is 6.54 Å². The zero-order valence-electron chi connectivity index (χ0n) is 17.7. The minimum absolute atomic E-state index is 0.249. The van der Waals surface area contributed by atoms with E-state index in [0.717, 1.165) is 5.56 Å². The van der Waals surface area contributed by atoms with E-state index in [-0.39, 0.29) is 23.2 Å². The lowest BCUT2D eigenvalue weighted by atomic mass is 10.1. The lowest BCUT2D eigenvalue weighted by Gasteiger charge is -2.07. The molecular weight excluding hydrogens is 440 g/mol. The molecule has 2 heterocycles. The summed E-state index contributed by atoms with van der Waals surface area (Å²) in [6.07, 6.45) is 3.43. The van der Waals surface area contributed by atoms with Crippen LogP contribution in [0.25, 0.3) is 23.0 Å². The number of hydrogen-bond donors (Lipinski definition) is 1. The van der Waals surface area contributed by atoms with Crippen molar-refractivity contribution >= 4 is 11.6 Å². The molecule has 0 saturated heterocycles. The molecule has 5 rings (SSSR count). The third kappa shape index (κ3) is 4.73. The molecule has 1 N–H and O–H groups in total. The minimum Gasteiger partial charge on any atom is -0.332 e. The maximum atomic E-state index is 13.3. The largest absolute Gasteiger partial charge is 0.332 e. The van der Waals surface area contributed by atoms with E-state index in [2.05, 4.69) is 20.4 Å². The first-order valence-electron chi connectivity index (χ1n) is 10.3. The Bertz CT molecular complexity index is 1440. The molecular formula is C25H17F2N5O2. The van der Waals surface area contributed by atoms with Crippen molar-refractivity contribution in [3.8, 4) is 23.0 Å². The number of aromatic nitrogens is 4. The summed E-state index contributed by atoms with van der Waals surface area (Å²) in [7, 11) is 0. The van der Waals surface area contributed by atoms with Gasteiger partial charge in [-0.3, -0.25) is 4.79 Å². The van der Waals surface area contributed by atoms with Gasteiger partial charge in [0.1, 0.15) is 17.3 Å². The standard InChI is InChI=1S/C25H17F2N5O2/c26-19-8-6-17(7-9-19)23-30-25(34-31-23)22-14-32(15-28-22)13-16-4-10-21(11-5-16)29-24(33)18-2-1-3-20(27)12-18/h1-12,14-15H,13H2,(H,29,33).